The number of halogens is 1. The largest absolute Gasteiger partial charge is 0.508 e. The lowest BCUT2D eigenvalue weighted by atomic mass is 9.57. The number of hydrogen-bond acceptors (Lipinski definition) is 11. The predicted octanol–water partition coefficient (Wildman–Crippen LogP) is 1.71. The third-order valence-corrected chi connectivity index (χ3v) is 8.90. The number of ether oxygens (including phenoxy) is 1. The number of aliphatic hydroxyl groups is 3. The van der Waals surface area contributed by atoms with Crippen LogP contribution in [0.3, 0.4) is 0 Å². The number of aromatic hydroxyl groups is 1. The monoisotopic (exact) mass is 623 g/mol. The molecule has 6 N–H and O–H groups in total. The molecule has 5 rings (SSSR count). The van der Waals surface area contributed by atoms with Gasteiger partial charge < -0.3 is 35.8 Å². The SMILES string of the molecule is CN(C)c1cc(CCC(=O)Oc2ccc(F)cc2)c(O)c2c1C[C@@H]1C[C@@H]3[C@@H](N(C)C)C(=O)C(C(N)=O)=C(O)[C@]3(O)C(=O)C1=C2O. The summed E-state index contributed by atoms with van der Waals surface area (Å²) >= 11 is 0. The number of Topliss-reactive ketones (excluding diaryl/α,β-unsaturated/α-hetero) is 2. The van der Waals surface area contributed by atoms with Gasteiger partial charge in [0.15, 0.2) is 11.4 Å². The number of amides is 1. The number of phenolic OH excluding ortho intramolecular Hbond substituents is 1. The molecule has 1 fully saturated rings. The topological polar surface area (TPSA) is 191 Å². The number of fused-ring (bicyclic) bond motifs is 3. The molecular formula is C32H34FN3O9. The van der Waals surface area contributed by atoms with Gasteiger partial charge in [-0.2, -0.15) is 0 Å². The number of nitrogens with two attached hydrogens (primary N) is 1. The molecule has 45 heavy (non-hydrogen) atoms. The molecular weight excluding hydrogens is 589 g/mol. The zero-order valence-electron chi connectivity index (χ0n) is 25.1. The smallest absolute Gasteiger partial charge is 0.311 e. The van der Waals surface area contributed by atoms with Crippen molar-refractivity contribution in [3.05, 3.63) is 69.7 Å². The average molecular weight is 624 g/mol. The number of benzene rings is 2. The molecule has 3 aliphatic carbocycles. The zero-order valence-corrected chi connectivity index (χ0v) is 25.1. The molecule has 0 heterocycles. The Labute approximate surface area is 257 Å². The van der Waals surface area contributed by atoms with E-state index in [1.807, 2.05) is 0 Å². The lowest BCUT2D eigenvalue weighted by molar-refractivity contribution is -0.153. The van der Waals surface area contributed by atoms with Crippen LogP contribution in [0.15, 0.2) is 47.2 Å². The Kier molecular flexibility index (Phi) is 7.96. The van der Waals surface area contributed by atoms with Crippen LogP contribution >= 0.6 is 0 Å². The number of carbonyl (C=O) groups excluding carboxylic acids is 4. The molecule has 2 aromatic carbocycles. The molecule has 12 nitrogen and oxygen atoms in total. The summed E-state index contributed by atoms with van der Waals surface area (Å²) in [6.07, 6.45) is -0.117. The fraction of sp³-hybridized carbons (Fsp3) is 0.375. The average Bonchev–Trinajstić information content (AvgIpc) is 2.95. The second kappa shape index (κ2) is 11.3. The first-order valence-corrected chi connectivity index (χ1v) is 14.3. The van der Waals surface area contributed by atoms with E-state index in [4.69, 9.17) is 10.5 Å². The van der Waals surface area contributed by atoms with Gasteiger partial charge in [-0.1, -0.05) is 0 Å². The fourth-order valence-electron chi connectivity index (χ4n) is 6.86. The van der Waals surface area contributed by atoms with Crippen molar-refractivity contribution in [3.63, 3.8) is 0 Å². The molecule has 0 saturated heterocycles. The normalized spacial score (nSPS) is 24.3. The van der Waals surface area contributed by atoms with E-state index in [9.17, 15) is 44.0 Å². The third kappa shape index (κ3) is 5.01. The summed E-state index contributed by atoms with van der Waals surface area (Å²) in [6.45, 7) is 0. The zero-order chi connectivity index (χ0) is 33.1. The molecule has 1 saturated carbocycles. The molecule has 0 spiro atoms. The molecule has 0 bridgehead atoms. The number of rotatable bonds is 7. The van der Waals surface area contributed by atoms with E-state index >= 15 is 0 Å². The minimum Gasteiger partial charge on any atom is -0.508 e. The van der Waals surface area contributed by atoms with Crippen molar-refractivity contribution in [1.82, 2.24) is 4.90 Å². The number of likely N-dealkylation sites (N-methyl/N-ethyl adjacent to an activating group) is 1. The highest BCUT2D eigenvalue weighted by Gasteiger charge is 2.64. The number of esters is 1. The first-order valence-electron chi connectivity index (χ1n) is 14.3. The van der Waals surface area contributed by atoms with Crippen LogP contribution in [0.2, 0.25) is 0 Å². The second-order valence-electron chi connectivity index (χ2n) is 12.0. The summed E-state index contributed by atoms with van der Waals surface area (Å²) in [6, 6.07) is 5.38. The number of hydrogen-bond donors (Lipinski definition) is 5. The molecule has 1 amide bonds. The Hall–Kier alpha value is -4.75. The van der Waals surface area contributed by atoms with Crippen molar-refractivity contribution in [2.45, 2.75) is 37.3 Å². The van der Waals surface area contributed by atoms with E-state index in [0.29, 0.717) is 11.3 Å². The molecule has 0 aromatic heterocycles. The number of phenols is 1. The van der Waals surface area contributed by atoms with E-state index in [-0.39, 0.29) is 48.1 Å². The lowest BCUT2D eigenvalue weighted by Gasteiger charge is -2.50. The van der Waals surface area contributed by atoms with Crippen molar-refractivity contribution in [3.8, 4) is 11.5 Å². The Balaban J connectivity index is 1.57. The summed E-state index contributed by atoms with van der Waals surface area (Å²) in [7, 11) is 6.56. The van der Waals surface area contributed by atoms with Crippen LogP contribution < -0.4 is 15.4 Å². The van der Waals surface area contributed by atoms with Crippen molar-refractivity contribution < 1.29 is 48.7 Å². The van der Waals surface area contributed by atoms with E-state index in [1.54, 1.807) is 25.1 Å². The summed E-state index contributed by atoms with van der Waals surface area (Å²) in [4.78, 5) is 55.3. The van der Waals surface area contributed by atoms with Crippen LogP contribution in [0, 0.1) is 17.7 Å². The Morgan fingerprint density at radius 1 is 1.09 bits per heavy atom. The standard InChI is InChI=1S/C32H34FN3O9/c1-35(2)20-13-14(5-10-21(37)45-17-8-6-16(33)7-9-17)26(38)23-18(20)11-15-12-19-25(36(3)4)28(40)24(31(34)43)30(42)32(19,44)29(41)22(15)27(23)39/h6-9,13,15,19,25,38-39,42,44H,5,10-12H2,1-4H3,(H2,34,43)/t15-,19-,25-,32-/m1/s1. The van der Waals surface area contributed by atoms with Crippen LogP contribution in [0.1, 0.15) is 29.5 Å². The van der Waals surface area contributed by atoms with Crippen LogP contribution in [-0.2, 0) is 32.0 Å². The van der Waals surface area contributed by atoms with Gasteiger partial charge in [-0.3, -0.25) is 24.1 Å². The van der Waals surface area contributed by atoms with Crippen molar-refractivity contribution in [2.24, 2.45) is 17.6 Å². The van der Waals surface area contributed by atoms with Gasteiger partial charge in [0.1, 0.15) is 34.4 Å². The van der Waals surface area contributed by atoms with Crippen LogP contribution in [-0.4, -0.2) is 88.6 Å². The van der Waals surface area contributed by atoms with Gasteiger partial charge in [-0.05, 0) is 80.7 Å². The maximum atomic E-state index is 14.1. The van der Waals surface area contributed by atoms with Crippen molar-refractivity contribution in [2.75, 3.05) is 33.1 Å². The minimum atomic E-state index is -2.74. The number of carbonyl (C=O) groups is 4. The van der Waals surface area contributed by atoms with Crippen LogP contribution in [0.4, 0.5) is 10.1 Å². The Bertz CT molecular complexity index is 1700. The molecule has 2 aromatic rings. The molecule has 3 aliphatic rings. The van der Waals surface area contributed by atoms with Gasteiger partial charge in [-0.15, -0.1) is 0 Å². The van der Waals surface area contributed by atoms with Gasteiger partial charge >= 0.3 is 5.97 Å². The number of aryl methyl sites for hydroxylation is 1. The van der Waals surface area contributed by atoms with Crippen LogP contribution in [0.5, 0.6) is 11.5 Å². The van der Waals surface area contributed by atoms with Crippen molar-refractivity contribution in [1.29, 1.82) is 0 Å². The maximum Gasteiger partial charge on any atom is 0.311 e. The van der Waals surface area contributed by atoms with E-state index in [0.717, 1.165) is 12.1 Å². The molecule has 0 radical (unpaired) electrons. The minimum absolute atomic E-state index is 0.0237. The summed E-state index contributed by atoms with van der Waals surface area (Å²) in [5, 5.41) is 45.8. The Morgan fingerprint density at radius 2 is 1.73 bits per heavy atom. The first kappa shape index (κ1) is 31.7. The van der Waals surface area contributed by atoms with E-state index < -0.39 is 75.6 Å². The highest BCUT2D eigenvalue weighted by atomic mass is 19.1. The maximum absolute atomic E-state index is 14.1. The summed E-state index contributed by atoms with van der Waals surface area (Å²) in [5.41, 5.74) is 2.75. The van der Waals surface area contributed by atoms with Gasteiger partial charge in [-0.25, -0.2) is 4.39 Å². The summed E-state index contributed by atoms with van der Waals surface area (Å²) < 4.78 is 18.4. The predicted molar refractivity (Wildman–Crippen MR) is 159 cm³/mol. The fourth-order valence-corrected chi connectivity index (χ4v) is 6.86. The van der Waals surface area contributed by atoms with Crippen LogP contribution in [0.25, 0.3) is 5.76 Å². The molecule has 13 heteroatoms. The second-order valence-corrected chi connectivity index (χ2v) is 12.0. The number of ketones is 2. The van der Waals surface area contributed by atoms with E-state index in [1.165, 1.54) is 31.1 Å². The van der Waals surface area contributed by atoms with Gasteiger partial charge in [0.05, 0.1) is 18.0 Å². The number of nitrogens with zero attached hydrogens (tertiary/aromatic N) is 2. The van der Waals surface area contributed by atoms with E-state index in [2.05, 4.69) is 0 Å². The number of primary amides is 1. The highest BCUT2D eigenvalue weighted by Crippen LogP contribution is 2.54. The third-order valence-electron chi connectivity index (χ3n) is 8.90. The summed E-state index contributed by atoms with van der Waals surface area (Å²) in [5.74, 6) is -8.32. The first-order chi connectivity index (χ1) is 21.1. The van der Waals surface area contributed by atoms with Gasteiger partial charge in [0.25, 0.3) is 5.91 Å². The number of anilines is 1. The molecule has 0 aliphatic heterocycles. The molecule has 0 unspecified atom stereocenters. The molecule has 238 valence electrons. The number of aliphatic hydroxyl groups excluding tert-OH is 2. The van der Waals surface area contributed by atoms with Gasteiger partial charge in [0.2, 0.25) is 5.78 Å². The van der Waals surface area contributed by atoms with Gasteiger partial charge in [0, 0.05) is 31.3 Å². The van der Waals surface area contributed by atoms with Crippen molar-refractivity contribution >= 4 is 34.9 Å². The highest BCUT2D eigenvalue weighted by molar-refractivity contribution is 6.24. The molecule has 4 atom stereocenters. The quantitative estimate of drug-likeness (QED) is 0.171. The Morgan fingerprint density at radius 3 is 2.31 bits per heavy atom. The lowest BCUT2D eigenvalue weighted by Crippen LogP contribution is -2.65.